The van der Waals surface area contributed by atoms with Crippen molar-refractivity contribution in [2.45, 2.75) is 31.7 Å². The third-order valence-corrected chi connectivity index (χ3v) is 24.5. The standard InChI is InChI=1S/C40H46O9SSi.C11H12Br3O6PS/c1-7-50(46-5,47-6,28-44-3)51-37(40(43)49-36-25-17-15-23-34(36)31-20-12-9-13-21-31)27-32(26-29(2)38(41)45-4)39(42)48-35-24-16-14-22-33(35)30-18-10-8-11-19-30;12-7-5-8(13)11(9(14)6-7)20-10(15)1-3-22-4-2-19-21(16,17)18/h8-25,29,32,37H,1,26-28,51H2,2-6H3;5-6H,1-4H2,(H2,16,17,18). The maximum Gasteiger partial charge on any atom is 0.469 e. The van der Waals surface area contributed by atoms with Gasteiger partial charge < -0.3 is 33.5 Å². The summed E-state index contributed by atoms with van der Waals surface area (Å²) in [5.74, 6) is -1.74. The Morgan fingerprint density at radius 3 is 1.70 bits per heavy atom. The van der Waals surface area contributed by atoms with E-state index in [0.29, 0.717) is 37.7 Å². The van der Waals surface area contributed by atoms with Crippen LogP contribution in [0.15, 0.2) is 141 Å². The number of phosphoric acid groups is 1. The quantitative estimate of drug-likeness (QED) is 0.0139. The van der Waals surface area contributed by atoms with Crippen molar-refractivity contribution in [3.8, 4) is 39.5 Å². The van der Waals surface area contributed by atoms with Gasteiger partial charge in [-0.1, -0.05) is 125 Å². The number of para-hydroxylation sites is 2. The summed E-state index contributed by atoms with van der Waals surface area (Å²) in [4.78, 5) is 70.2. The lowest BCUT2D eigenvalue weighted by atomic mass is 9.91. The minimum absolute atomic E-state index is 0.0115. The molecule has 0 bridgehead atoms. The molecule has 15 nitrogen and oxygen atoms in total. The lowest BCUT2D eigenvalue weighted by molar-refractivity contribution is -0.147. The van der Waals surface area contributed by atoms with E-state index in [1.54, 1.807) is 43.3 Å². The summed E-state index contributed by atoms with van der Waals surface area (Å²) in [6, 6.07) is 37.1. The number of rotatable bonds is 25. The lowest BCUT2D eigenvalue weighted by Crippen LogP contribution is -2.35. The summed E-state index contributed by atoms with van der Waals surface area (Å²) in [6.07, 6.45) is 0.194. The van der Waals surface area contributed by atoms with Gasteiger partial charge in [0.15, 0.2) is 14.4 Å². The van der Waals surface area contributed by atoms with Gasteiger partial charge in [0, 0.05) is 34.2 Å². The molecule has 0 fully saturated rings. The molecule has 0 aliphatic heterocycles. The van der Waals surface area contributed by atoms with Gasteiger partial charge in [0.1, 0.15) is 17.4 Å². The minimum atomic E-state index is -4.41. The summed E-state index contributed by atoms with van der Waals surface area (Å²) in [5, 5.41) is 3.00. The molecule has 0 aliphatic carbocycles. The molecule has 2 N–H and O–H groups in total. The predicted molar refractivity (Wildman–Crippen MR) is 300 cm³/mol. The zero-order valence-corrected chi connectivity index (χ0v) is 49.4. The van der Waals surface area contributed by atoms with Gasteiger partial charge in [-0.15, -0.1) is 0 Å². The fourth-order valence-electron chi connectivity index (χ4n) is 7.27. The first-order valence-corrected chi connectivity index (χ1v) is 32.1. The molecule has 5 rings (SSSR count). The van der Waals surface area contributed by atoms with Gasteiger partial charge in [0.2, 0.25) is 0 Å². The molecule has 0 saturated carbocycles. The molecule has 0 radical (unpaired) electrons. The molecule has 22 heteroatoms. The highest BCUT2D eigenvalue weighted by molar-refractivity contribution is 9.11. The molecule has 0 amide bonds. The van der Waals surface area contributed by atoms with E-state index >= 15 is 0 Å². The largest absolute Gasteiger partial charge is 0.469 e. The van der Waals surface area contributed by atoms with Crippen LogP contribution in [0.3, 0.4) is 0 Å². The Labute approximate surface area is 457 Å². The first-order valence-electron chi connectivity index (χ1n) is 22.3. The Balaban J connectivity index is 0.000000439. The average Bonchev–Trinajstić information content (AvgIpc) is 3.38. The van der Waals surface area contributed by atoms with Crippen molar-refractivity contribution in [3.63, 3.8) is 0 Å². The number of thioether (sulfide) groups is 1. The van der Waals surface area contributed by atoms with Crippen molar-refractivity contribution in [2.24, 2.45) is 11.8 Å². The number of phosphoric ester groups is 1. The fourth-order valence-corrected chi connectivity index (χ4v) is 19.3. The molecule has 0 aliphatic rings. The molecule has 0 spiro atoms. The van der Waals surface area contributed by atoms with Crippen LogP contribution in [0.1, 0.15) is 26.2 Å². The number of carbonyl (C=O) groups excluding carboxylic acids is 4. The Kier molecular flexibility index (Phi) is 25.2. The van der Waals surface area contributed by atoms with Crippen LogP contribution in [0.25, 0.3) is 22.3 Å². The number of halogens is 3. The molecule has 73 heavy (non-hydrogen) atoms. The van der Waals surface area contributed by atoms with Crippen molar-refractivity contribution in [2.75, 3.05) is 52.5 Å². The number of esters is 4. The Morgan fingerprint density at radius 2 is 1.22 bits per heavy atom. The van der Waals surface area contributed by atoms with Gasteiger partial charge in [-0.3, -0.25) is 32.1 Å². The van der Waals surface area contributed by atoms with E-state index in [1.807, 2.05) is 84.9 Å². The van der Waals surface area contributed by atoms with Crippen molar-refractivity contribution in [1.82, 2.24) is 0 Å². The van der Waals surface area contributed by atoms with Crippen LogP contribution >= 0.6 is 76.1 Å². The van der Waals surface area contributed by atoms with Crippen LogP contribution in [0.4, 0.5) is 0 Å². The van der Waals surface area contributed by atoms with Crippen LogP contribution < -0.4 is 14.2 Å². The molecule has 0 aromatic heterocycles. The molecule has 5 aromatic carbocycles. The summed E-state index contributed by atoms with van der Waals surface area (Å²) in [5.41, 5.74) is 2.28. The SMILES string of the molecule is C=C=S(COC)(OC)(OC)[SiH2]C(CC(CC(C)C(=O)OC)C(=O)Oc1ccccc1-c1ccccc1)C(=O)Oc1ccccc1-c1ccccc1.O=C(CCSCCOP(=O)(O)O)Oc1c(Br)cc(Br)cc1Br. The van der Waals surface area contributed by atoms with Gasteiger partial charge in [-0.2, -0.15) is 11.8 Å². The van der Waals surface area contributed by atoms with Crippen molar-refractivity contribution >= 4 is 114 Å². The van der Waals surface area contributed by atoms with Crippen LogP contribution in [0.2, 0.25) is 5.54 Å². The van der Waals surface area contributed by atoms with Gasteiger partial charge in [0.25, 0.3) is 0 Å². The van der Waals surface area contributed by atoms with E-state index in [0.717, 1.165) is 26.7 Å². The van der Waals surface area contributed by atoms with E-state index in [4.69, 9.17) is 41.8 Å². The highest BCUT2D eigenvalue weighted by atomic mass is 79.9. The molecule has 0 heterocycles. The monoisotopic (exact) mass is 1270 g/mol. The molecule has 394 valence electrons. The Hall–Kier alpha value is -4.02. The summed E-state index contributed by atoms with van der Waals surface area (Å²) >= 11 is 11.3. The second-order valence-electron chi connectivity index (χ2n) is 16.0. The number of hydrogen-bond donors (Lipinski definition) is 2. The number of benzene rings is 5. The summed E-state index contributed by atoms with van der Waals surface area (Å²) in [6.45, 7) is 5.53. The lowest BCUT2D eigenvalue weighted by Gasteiger charge is -2.51. The van der Waals surface area contributed by atoms with Crippen LogP contribution in [-0.2, 0) is 46.1 Å². The van der Waals surface area contributed by atoms with Gasteiger partial charge in [0.05, 0.1) is 60.7 Å². The average molecular weight is 1270 g/mol. The van der Waals surface area contributed by atoms with Crippen LogP contribution in [-0.4, -0.2) is 99.8 Å². The maximum atomic E-state index is 14.5. The highest BCUT2D eigenvalue weighted by Crippen LogP contribution is 2.59. The molecular formula is C51H58Br3O15PS2Si. The Morgan fingerprint density at radius 1 is 0.712 bits per heavy atom. The minimum Gasteiger partial charge on any atom is -0.469 e. The smallest absolute Gasteiger partial charge is 0.469 e. The first-order chi connectivity index (χ1) is 34.8. The fraction of sp³-hybridized carbons (Fsp3) is 0.294. The molecular weight excluding hydrogens is 1220 g/mol. The van der Waals surface area contributed by atoms with Crippen molar-refractivity contribution < 1.29 is 70.1 Å². The third-order valence-electron chi connectivity index (χ3n) is 10.9. The van der Waals surface area contributed by atoms with E-state index in [-0.39, 0.29) is 31.8 Å². The first kappa shape index (κ1) is 61.5. The van der Waals surface area contributed by atoms with Crippen LogP contribution in [0, 0.1) is 11.8 Å². The maximum absolute atomic E-state index is 14.5. The number of ether oxygens (including phenoxy) is 5. The highest BCUT2D eigenvalue weighted by Gasteiger charge is 2.40. The predicted octanol–water partition coefficient (Wildman–Crippen LogP) is 11.4. The zero-order chi connectivity index (χ0) is 53.6. The van der Waals surface area contributed by atoms with E-state index in [1.165, 1.54) is 40.2 Å². The van der Waals surface area contributed by atoms with Gasteiger partial charge in [-0.05, 0) is 86.7 Å². The third kappa shape index (κ3) is 18.9. The number of carbonyl (C=O) groups is 4. The second-order valence-corrected chi connectivity index (χ2v) is 30.5. The topological polar surface area (TPSA) is 200 Å². The molecule has 3 unspecified atom stereocenters. The summed E-state index contributed by atoms with van der Waals surface area (Å²) < 4.78 is 57.2. The number of methoxy groups -OCH3 is 2. The van der Waals surface area contributed by atoms with Crippen molar-refractivity contribution in [3.05, 3.63) is 141 Å². The summed E-state index contributed by atoms with van der Waals surface area (Å²) in [7, 11) is -4.12. The normalized spacial score (nSPS) is 13.3. The van der Waals surface area contributed by atoms with Gasteiger partial charge in [-0.25, -0.2) is 13.3 Å². The Bertz CT molecular complexity index is 2760. The van der Waals surface area contributed by atoms with E-state index in [2.05, 4.69) is 63.9 Å². The van der Waals surface area contributed by atoms with Crippen molar-refractivity contribution in [1.29, 1.82) is 0 Å². The van der Waals surface area contributed by atoms with Crippen LogP contribution in [0.5, 0.6) is 17.2 Å². The van der Waals surface area contributed by atoms with E-state index < -0.39 is 66.5 Å². The molecule has 0 saturated heterocycles. The van der Waals surface area contributed by atoms with E-state index in [9.17, 15) is 23.7 Å². The second kappa shape index (κ2) is 29.9. The number of hydrogen-bond acceptors (Lipinski definition) is 14. The zero-order valence-electron chi connectivity index (χ0n) is 40.7. The molecule has 3 atom stereocenters. The van der Waals surface area contributed by atoms with Gasteiger partial charge >= 0.3 is 31.7 Å². The molecule has 5 aromatic rings.